The minimum absolute atomic E-state index is 0.552. The van der Waals surface area contributed by atoms with Gasteiger partial charge in [-0.2, -0.15) is 0 Å². The Kier molecular flexibility index (Phi) is 6.37. The molecule has 0 bridgehead atoms. The number of rotatable bonds is 8. The molecule has 0 saturated heterocycles. The van der Waals surface area contributed by atoms with Gasteiger partial charge in [0.1, 0.15) is 18.1 Å². The molecule has 90 valence electrons. The minimum atomic E-state index is 0.552. The molecule has 0 radical (unpaired) electrons. The fraction of sp³-hybridized carbons (Fsp3) is 0.500. The van der Waals surface area contributed by atoms with Gasteiger partial charge in [-0.25, -0.2) is 0 Å². The first-order valence-corrected chi connectivity index (χ1v) is 5.41. The van der Waals surface area contributed by atoms with Gasteiger partial charge in [-0.05, 0) is 37.2 Å². The molecular weight excluding hydrogens is 206 g/mol. The predicted octanol–water partition coefficient (Wildman–Crippen LogP) is 1.44. The van der Waals surface area contributed by atoms with Crippen molar-refractivity contribution in [2.75, 3.05) is 33.5 Å². The highest BCUT2D eigenvalue weighted by atomic mass is 16.5. The molecule has 0 unspecified atom stereocenters. The second kappa shape index (κ2) is 7.96. The lowest BCUT2D eigenvalue weighted by atomic mass is 10.3. The van der Waals surface area contributed by atoms with Crippen molar-refractivity contribution in [1.82, 2.24) is 0 Å². The lowest BCUT2D eigenvalue weighted by Crippen LogP contribution is -2.10. The third kappa shape index (κ3) is 5.00. The molecule has 1 rings (SSSR count). The van der Waals surface area contributed by atoms with Gasteiger partial charge in [0.15, 0.2) is 0 Å². The van der Waals surface area contributed by atoms with Gasteiger partial charge < -0.3 is 19.9 Å². The minimum Gasteiger partial charge on any atom is -0.497 e. The number of ether oxygens (including phenoxy) is 3. The first-order chi connectivity index (χ1) is 7.86. The van der Waals surface area contributed by atoms with Crippen LogP contribution in [0, 0.1) is 0 Å². The Balaban J connectivity index is 2.12. The van der Waals surface area contributed by atoms with Crippen molar-refractivity contribution in [3.05, 3.63) is 24.3 Å². The second-order valence-corrected chi connectivity index (χ2v) is 3.28. The van der Waals surface area contributed by atoms with Crippen molar-refractivity contribution in [3.8, 4) is 11.5 Å². The maximum Gasteiger partial charge on any atom is 0.119 e. The zero-order valence-electron chi connectivity index (χ0n) is 9.65. The topological polar surface area (TPSA) is 53.7 Å². The average molecular weight is 225 g/mol. The van der Waals surface area contributed by atoms with Gasteiger partial charge in [0.2, 0.25) is 0 Å². The molecule has 4 heteroatoms. The van der Waals surface area contributed by atoms with Crippen LogP contribution in [0.15, 0.2) is 24.3 Å². The Bertz CT molecular complexity index is 274. The summed E-state index contributed by atoms with van der Waals surface area (Å²) in [5.41, 5.74) is 5.34. The molecule has 1 aromatic carbocycles. The van der Waals surface area contributed by atoms with Gasteiger partial charge in [-0.1, -0.05) is 0 Å². The maximum absolute atomic E-state index is 5.47. The third-order valence-electron chi connectivity index (χ3n) is 2.05. The Morgan fingerprint density at radius 2 is 1.69 bits per heavy atom. The highest BCUT2D eigenvalue weighted by Crippen LogP contribution is 2.16. The molecule has 0 aliphatic carbocycles. The van der Waals surface area contributed by atoms with E-state index in [1.165, 1.54) is 0 Å². The largest absolute Gasteiger partial charge is 0.497 e. The van der Waals surface area contributed by atoms with E-state index in [2.05, 4.69) is 0 Å². The quantitative estimate of drug-likeness (QED) is 0.680. The molecule has 2 N–H and O–H groups in total. The average Bonchev–Trinajstić information content (AvgIpc) is 2.34. The van der Waals surface area contributed by atoms with Crippen LogP contribution in [0.1, 0.15) is 6.42 Å². The summed E-state index contributed by atoms with van der Waals surface area (Å²) < 4.78 is 15.8. The first kappa shape index (κ1) is 12.8. The third-order valence-corrected chi connectivity index (χ3v) is 2.05. The van der Waals surface area contributed by atoms with Crippen LogP contribution in [0.4, 0.5) is 0 Å². The Morgan fingerprint density at radius 1 is 1.00 bits per heavy atom. The van der Waals surface area contributed by atoms with Crippen molar-refractivity contribution in [1.29, 1.82) is 0 Å². The van der Waals surface area contributed by atoms with E-state index in [-0.39, 0.29) is 0 Å². The fourth-order valence-corrected chi connectivity index (χ4v) is 1.18. The van der Waals surface area contributed by atoms with Crippen molar-refractivity contribution in [2.45, 2.75) is 6.42 Å². The summed E-state index contributed by atoms with van der Waals surface area (Å²) in [6.07, 6.45) is 0.891. The molecule has 16 heavy (non-hydrogen) atoms. The predicted molar refractivity (Wildman–Crippen MR) is 63.0 cm³/mol. The second-order valence-electron chi connectivity index (χ2n) is 3.28. The summed E-state index contributed by atoms with van der Waals surface area (Å²) in [5.74, 6) is 1.65. The maximum atomic E-state index is 5.47. The van der Waals surface area contributed by atoms with E-state index >= 15 is 0 Å². The number of methoxy groups -OCH3 is 1. The molecule has 0 spiro atoms. The molecule has 1 aromatic rings. The molecule has 4 nitrogen and oxygen atoms in total. The van der Waals surface area contributed by atoms with Gasteiger partial charge in [-0.3, -0.25) is 0 Å². The molecule has 0 aliphatic heterocycles. The lowest BCUT2D eigenvalue weighted by Gasteiger charge is -2.07. The van der Waals surface area contributed by atoms with Crippen LogP contribution >= 0.6 is 0 Å². The normalized spacial score (nSPS) is 10.1. The van der Waals surface area contributed by atoms with Crippen molar-refractivity contribution < 1.29 is 14.2 Å². The Hall–Kier alpha value is -1.26. The summed E-state index contributed by atoms with van der Waals surface area (Å²) >= 11 is 0. The highest BCUT2D eigenvalue weighted by molar-refractivity contribution is 5.31. The van der Waals surface area contributed by atoms with Crippen LogP contribution in [-0.4, -0.2) is 33.5 Å². The smallest absolute Gasteiger partial charge is 0.119 e. The molecule has 0 saturated carbocycles. The number of benzene rings is 1. The van der Waals surface area contributed by atoms with Crippen LogP contribution in [0.5, 0.6) is 11.5 Å². The van der Waals surface area contributed by atoms with Crippen LogP contribution in [0.2, 0.25) is 0 Å². The molecule has 0 atom stereocenters. The molecule has 0 fully saturated rings. The number of hydrogen-bond donors (Lipinski definition) is 1. The Morgan fingerprint density at radius 3 is 2.31 bits per heavy atom. The van der Waals surface area contributed by atoms with E-state index in [9.17, 15) is 0 Å². The van der Waals surface area contributed by atoms with Gasteiger partial charge >= 0.3 is 0 Å². The SMILES string of the molecule is COc1ccc(OCCOCCCN)cc1. The van der Waals surface area contributed by atoms with Gasteiger partial charge in [-0.15, -0.1) is 0 Å². The summed E-state index contributed by atoms with van der Waals surface area (Å²) in [7, 11) is 1.64. The summed E-state index contributed by atoms with van der Waals surface area (Å²) in [6, 6.07) is 7.48. The zero-order valence-corrected chi connectivity index (χ0v) is 9.65. The van der Waals surface area contributed by atoms with Gasteiger partial charge in [0.05, 0.1) is 13.7 Å². The summed E-state index contributed by atoms with van der Waals surface area (Å²) in [5, 5.41) is 0. The molecule has 0 aromatic heterocycles. The van der Waals surface area contributed by atoms with E-state index in [4.69, 9.17) is 19.9 Å². The van der Waals surface area contributed by atoms with Crippen molar-refractivity contribution >= 4 is 0 Å². The van der Waals surface area contributed by atoms with E-state index in [0.717, 1.165) is 17.9 Å². The molecular formula is C12H19NO3. The monoisotopic (exact) mass is 225 g/mol. The van der Waals surface area contributed by atoms with Crippen LogP contribution in [0.3, 0.4) is 0 Å². The fourth-order valence-electron chi connectivity index (χ4n) is 1.18. The van der Waals surface area contributed by atoms with Gasteiger partial charge in [0, 0.05) is 6.61 Å². The number of nitrogens with two attached hydrogens (primary N) is 1. The van der Waals surface area contributed by atoms with E-state index in [0.29, 0.717) is 26.4 Å². The van der Waals surface area contributed by atoms with E-state index in [1.807, 2.05) is 24.3 Å². The first-order valence-electron chi connectivity index (χ1n) is 5.41. The zero-order chi connectivity index (χ0) is 11.6. The summed E-state index contributed by atoms with van der Waals surface area (Å²) in [4.78, 5) is 0. The van der Waals surface area contributed by atoms with Crippen molar-refractivity contribution in [2.24, 2.45) is 5.73 Å². The van der Waals surface area contributed by atoms with Crippen LogP contribution in [-0.2, 0) is 4.74 Å². The van der Waals surface area contributed by atoms with E-state index in [1.54, 1.807) is 7.11 Å². The Labute approximate surface area is 96.3 Å². The van der Waals surface area contributed by atoms with Crippen molar-refractivity contribution in [3.63, 3.8) is 0 Å². The highest BCUT2D eigenvalue weighted by Gasteiger charge is 1.95. The number of hydrogen-bond acceptors (Lipinski definition) is 4. The summed E-state index contributed by atoms with van der Waals surface area (Å²) in [6.45, 7) is 2.50. The standard InChI is InChI=1S/C12H19NO3/c1-14-11-3-5-12(6-4-11)16-10-9-15-8-2-7-13/h3-6H,2,7-10,13H2,1H3. The van der Waals surface area contributed by atoms with Crippen LogP contribution < -0.4 is 15.2 Å². The van der Waals surface area contributed by atoms with Crippen LogP contribution in [0.25, 0.3) is 0 Å². The lowest BCUT2D eigenvalue weighted by molar-refractivity contribution is 0.0994. The molecule has 0 aliphatic rings. The molecule has 0 heterocycles. The molecule has 0 amide bonds. The van der Waals surface area contributed by atoms with Gasteiger partial charge in [0.25, 0.3) is 0 Å². The van der Waals surface area contributed by atoms with E-state index < -0.39 is 0 Å².